The summed E-state index contributed by atoms with van der Waals surface area (Å²) in [4.78, 5) is 11.3. The molecule has 1 fully saturated rings. The van der Waals surface area contributed by atoms with Gasteiger partial charge in [-0.3, -0.25) is 9.55 Å². The average Bonchev–Trinajstić information content (AvgIpc) is 3.39. The highest BCUT2D eigenvalue weighted by molar-refractivity contribution is 7.80. The fraction of sp³-hybridized carbons (Fsp3) is 0.350. The van der Waals surface area contributed by atoms with Crippen LogP contribution in [0, 0.1) is 13.8 Å². The van der Waals surface area contributed by atoms with E-state index in [0.29, 0.717) is 6.61 Å². The molecule has 6 nitrogen and oxygen atoms in total. The molecule has 2 unspecified atom stereocenters. The maximum absolute atomic E-state index is 5.68. The number of pyridine rings is 1. The van der Waals surface area contributed by atoms with Crippen LogP contribution < -0.4 is 5.32 Å². The third kappa shape index (κ3) is 3.32. The van der Waals surface area contributed by atoms with Crippen molar-refractivity contribution >= 4 is 28.7 Å². The van der Waals surface area contributed by atoms with Crippen molar-refractivity contribution < 1.29 is 4.74 Å². The van der Waals surface area contributed by atoms with Gasteiger partial charge in [-0.15, -0.1) is 11.3 Å². The molecule has 4 rings (SSSR count). The van der Waals surface area contributed by atoms with Crippen molar-refractivity contribution in [3.63, 3.8) is 0 Å². The number of aryl methyl sites for hydroxylation is 1. The van der Waals surface area contributed by atoms with Gasteiger partial charge in [0.2, 0.25) is 0 Å². The van der Waals surface area contributed by atoms with Crippen LogP contribution in [-0.2, 0) is 4.74 Å². The molecule has 0 aliphatic carbocycles. The highest BCUT2D eigenvalue weighted by atomic mass is 32.1. The van der Waals surface area contributed by atoms with Crippen LogP contribution in [-0.4, -0.2) is 44.8 Å². The van der Waals surface area contributed by atoms with Crippen LogP contribution in [0.1, 0.15) is 34.7 Å². The summed E-state index contributed by atoms with van der Waals surface area (Å²) in [6.45, 7) is 5.60. The first-order valence-electron chi connectivity index (χ1n) is 9.17. The lowest BCUT2D eigenvalue weighted by Crippen LogP contribution is -2.32. The van der Waals surface area contributed by atoms with Crippen LogP contribution in [0.3, 0.4) is 0 Å². The number of rotatable bonds is 6. The van der Waals surface area contributed by atoms with Gasteiger partial charge < -0.3 is 15.0 Å². The van der Waals surface area contributed by atoms with Gasteiger partial charge in [0.15, 0.2) is 10.2 Å². The number of aromatic nitrogens is 3. The number of thiazole rings is 1. The van der Waals surface area contributed by atoms with Crippen molar-refractivity contribution in [1.29, 1.82) is 0 Å². The molecule has 8 heteroatoms. The lowest BCUT2D eigenvalue weighted by atomic mass is 9.97. The van der Waals surface area contributed by atoms with Crippen molar-refractivity contribution in [1.82, 2.24) is 24.8 Å². The second kappa shape index (κ2) is 7.98. The molecule has 2 atom stereocenters. The first kappa shape index (κ1) is 19.0. The van der Waals surface area contributed by atoms with E-state index in [9.17, 15) is 0 Å². The normalized spacial score (nSPS) is 19.2. The Labute approximate surface area is 174 Å². The van der Waals surface area contributed by atoms with Crippen molar-refractivity contribution in [2.45, 2.75) is 25.9 Å². The van der Waals surface area contributed by atoms with Gasteiger partial charge in [-0.05, 0) is 49.8 Å². The number of ether oxygens (including phenoxy) is 1. The maximum atomic E-state index is 5.68. The SMILES string of the molecule is COCCN1C(=S)NC(c2ccccn2)C1c1cc(C)n(-c2nccs2)c1C. The fourth-order valence-corrected chi connectivity index (χ4v) is 4.97. The zero-order chi connectivity index (χ0) is 19.7. The monoisotopic (exact) mass is 413 g/mol. The molecule has 3 aromatic heterocycles. The van der Waals surface area contributed by atoms with Crippen LogP contribution in [0.4, 0.5) is 0 Å². The summed E-state index contributed by atoms with van der Waals surface area (Å²) in [5.74, 6) is 0. The highest BCUT2D eigenvalue weighted by Gasteiger charge is 2.41. The molecule has 0 spiro atoms. The molecule has 1 aliphatic heterocycles. The van der Waals surface area contributed by atoms with Gasteiger partial charge in [-0.2, -0.15) is 0 Å². The third-order valence-electron chi connectivity index (χ3n) is 5.13. The van der Waals surface area contributed by atoms with Crippen molar-refractivity contribution in [3.8, 4) is 5.13 Å². The first-order valence-corrected chi connectivity index (χ1v) is 10.5. The second-order valence-corrected chi connectivity index (χ2v) is 8.05. The largest absolute Gasteiger partial charge is 0.383 e. The quantitative estimate of drug-likeness (QED) is 0.624. The van der Waals surface area contributed by atoms with Crippen molar-refractivity contribution in [3.05, 3.63) is 64.7 Å². The Morgan fingerprint density at radius 3 is 2.79 bits per heavy atom. The molecular formula is C20H23N5OS2. The lowest BCUT2D eigenvalue weighted by Gasteiger charge is -2.27. The van der Waals surface area contributed by atoms with Crippen molar-refractivity contribution in [2.75, 3.05) is 20.3 Å². The van der Waals surface area contributed by atoms with E-state index >= 15 is 0 Å². The zero-order valence-electron chi connectivity index (χ0n) is 16.1. The van der Waals surface area contributed by atoms with Gasteiger partial charge in [0.05, 0.1) is 24.4 Å². The lowest BCUT2D eigenvalue weighted by molar-refractivity contribution is 0.164. The Kier molecular flexibility index (Phi) is 5.43. The first-order chi connectivity index (χ1) is 13.6. The topological polar surface area (TPSA) is 55.2 Å². The molecule has 4 heterocycles. The predicted octanol–water partition coefficient (Wildman–Crippen LogP) is 3.56. The molecule has 146 valence electrons. The predicted molar refractivity (Wildman–Crippen MR) is 115 cm³/mol. The Hall–Kier alpha value is -2.29. The Bertz CT molecular complexity index is 955. The standard InChI is InChI=1S/C20H23N5OS2/c1-13-12-15(14(2)25(13)20-22-8-11-28-20)18-17(16-6-4-5-7-21-16)23-19(27)24(18)9-10-26-3/h4-8,11-12,17-18H,9-10H2,1-3H3,(H,23,27). The molecule has 1 saturated heterocycles. The molecule has 1 aliphatic rings. The van der Waals surface area contributed by atoms with E-state index in [2.05, 4.69) is 44.7 Å². The van der Waals surface area contributed by atoms with Crippen LogP contribution in [0.25, 0.3) is 5.13 Å². The van der Waals surface area contributed by atoms with E-state index in [-0.39, 0.29) is 12.1 Å². The van der Waals surface area contributed by atoms with Gasteiger partial charge in [0.25, 0.3) is 0 Å². The summed E-state index contributed by atoms with van der Waals surface area (Å²) in [6, 6.07) is 8.26. The van der Waals surface area contributed by atoms with Crippen LogP contribution in [0.15, 0.2) is 42.0 Å². The number of methoxy groups -OCH3 is 1. The number of thiocarbonyl (C=S) groups is 1. The summed E-state index contributed by atoms with van der Waals surface area (Å²) in [7, 11) is 1.71. The van der Waals surface area contributed by atoms with Gasteiger partial charge in [-0.25, -0.2) is 4.98 Å². The summed E-state index contributed by atoms with van der Waals surface area (Å²) in [5.41, 5.74) is 4.54. The van der Waals surface area contributed by atoms with Gasteiger partial charge >= 0.3 is 0 Å². The van der Waals surface area contributed by atoms with Crippen LogP contribution in [0.5, 0.6) is 0 Å². The Morgan fingerprint density at radius 1 is 1.25 bits per heavy atom. The zero-order valence-corrected chi connectivity index (χ0v) is 17.8. The number of nitrogens with zero attached hydrogens (tertiary/aromatic N) is 4. The molecule has 0 aromatic carbocycles. The molecular weight excluding hydrogens is 390 g/mol. The van der Waals surface area contributed by atoms with Crippen LogP contribution >= 0.6 is 23.6 Å². The van der Waals surface area contributed by atoms with E-state index in [1.165, 1.54) is 11.3 Å². The number of hydrogen-bond acceptors (Lipinski definition) is 5. The van der Waals surface area contributed by atoms with Crippen LogP contribution in [0.2, 0.25) is 0 Å². The van der Waals surface area contributed by atoms with Gasteiger partial charge in [-0.1, -0.05) is 6.07 Å². The highest BCUT2D eigenvalue weighted by Crippen LogP contribution is 2.41. The Morgan fingerprint density at radius 2 is 2.11 bits per heavy atom. The molecule has 28 heavy (non-hydrogen) atoms. The van der Waals surface area contributed by atoms with E-state index in [0.717, 1.165) is 28.2 Å². The van der Waals surface area contributed by atoms with E-state index < -0.39 is 0 Å². The summed E-state index contributed by atoms with van der Waals surface area (Å²) in [5, 5.41) is 7.20. The smallest absolute Gasteiger partial charge is 0.193 e. The van der Waals surface area contributed by atoms with E-state index in [1.807, 2.05) is 36.0 Å². The Balaban J connectivity index is 1.81. The maximum Gasteiger partial charge on any atom is 0.193 e. The minimum Gasteiger partial charge on any atom is -0.383 e. The van der Waals surface area contributed by atoms with E-state index in [4.69, 9.17) is 17.0 Å². The second-order valence-electron chi connectivity index (χ2n) is 6.79. The van der Waals surface area contributed by atoms with Gasteiger partial charge in [0.1, 0.15) is 0 Å². The third-order valence-corrected chi connectivity index (χ3v) is 6.24. The minimum atomic E-state index is -0.0178. The number of hydrogen-bond donors (Lipinski definition) is 1. The average molecular weight is 414 g/mol. The summed E-state index contributed by atoms with van der Waals surface area (Å²) >= 11 is 7.32. The van der Waals surface area contributed by atoms with E-state index in [1.54, 1.807) is 18.4 Å². The molecule has 0 radical (unpaired) electrons. The minimum absolute atomic E-state index is 0.0178. The summed E-state index contributed by atoms with van der Waals surface area (Å²) < 4.78 is 7.55. The molecule has 0 bridgehead atoms. The molecule has 3 aromatic rings. The fourth-order valence-electron chi connectivity index (χ4n) is 3.88. The summed E-state index contributed by atoms with van der Waals surface area (Å²) in [6.07, 6.45) is 3.67. The van der Waals surface area contributed by atoms with Gasteiger partial charge in [0, 0.05) is 42.8 Å². The van der Waals surface area contributed by atoms with Crippen molar-refractivity contribution in [2.24, 2.45) is 0 Å². The molecule has 0 amide bonds. The molecule has 0 saturated carbocycles. The number of nitrogens with one attached hydrogen (secondary N) is 1. The molecule has 1 N–H and O–H groups in total.